The second-order valence-corrected chi connectivity index (χ2v) is 6.75. The van der Waals surface area contributed by atoms with Crippen LogP contribution in [0.4, 0.5) is 5.69 Å². The molecule has 1 amide bonds. The van der Waals surface area contributed by atoms with Gasteiger partial charge in [0.15, 0.2) is 17.5 Å². The van der Waals surface area contributed by atoms with Crippen molar-refractivity contribution in [2.24, 2.45) is 0 Å². The van der Waals surface area contributed by atoms with Gasteiger partial charge in [0.05, 0.1) is 11.8 Å². The molecule has 2 aromatic rings. The molecule has 0 aliphatic carbocycles. The predicted octanol–water partition coefficient (Wildman–Crippen LogP) is 4.15. The Kier molecular flexibility index (Phi) is 6.91. The Labute approximate surface area is 150 Å². The molecule has 0 fully saturated rings. The maximum Gasteiger partial charge on any atom is 0.262 e. The molecule has 7 heteroatoms. The van der Waals surface area contributed by atoms with Crippen molar-refractivity contribution in [2.75, 3.05) is 11.9 Å². The third kappa shape index (κ3) is 5.44. The number of nitrogens with one attached hydrogen (secondary N) is 1. The van der Waals surface area contributed by atoms with Gasteiger partial charge in [-0.05, 0) is 24.3 Å². The first-order valence-electron chi connectivity index (χ1n) is 7.26. The number of hydrogen-bond acceptors (Lipinski definition) is 5. The summed E-state index contributed by atoms with van der Waals surface area (Å²) >= 11 is 7.43. The third-order valence-corrected chi connectivity index (χ3v) is 4.41. The number of ether oxygens (including phenoxy) is 1. The number of aromatic nitrogens is 1. The molecule has 24 heavy (non-hydrogen) atoms. The van der Waals surface area contributed by atoms with Crippen molar-refractivity contribution in [2.45, 2.75) is 23.5 Å². The number of nitriles is 1. The molecule has 0 saturated heterocycles. The molecular weight excluding hydrogens is 346 g/mol. The van der Waals surface area contributed by atoms with Crippen LogP contribution in [0.3, 0.4) is 0 Å². The summed E-state index contributed by atoms with van der Waals surface area (Å²) in [5, 5.41) is 11.9. The van der Waals surface area contributed by atoms with Crippen LogP contribution in [0, 0.1) is 11.3 Å². The lowest BCUT2D eigenvalue weighted by Crippen LogP contribution is -2.20. The normalized spacial score (nSPS) is 11.4. The van der Waals surface area contributed by atoms with Crippen LogP contribution in [0.15, 0.2) is 47.5 Å². The molecule has 124 valence electrons. The number of halogens is 1. The van der Waals surface area contributed by atoms with E-state index in [0.29, 0.717) is 17.9 Å². The summed E-state index contributed by atoms with van der Waals surface area (Å²) in [6.07, 6.45) is 1.99. The Morgan fingerprint density at radius 2 is 2.21 bits per heavy atom. The Morgan fingerprint density at radius 3 is 2.96 bits per heavy atom. The van der Waals surface area contributed by atoms with Crippen LogP contribution in [0.25, 0.3) is 0 Å². The number of hydrogen-bond donors (Lipinski definition) is 1. The molecule has 0 aliphatic rings. The standard InChI is InChI=1S/C17H16ClN3O2S/c1-12(8-9-19)24-15-7-3-2-5-13(15)21-16(22)11-23-14-6-4-10-20-17(14)18/h2-7,10,12H,8,11H2,1H3,(H,21,22). The highest BCUT2D eigenvalue weighted by Gasteiger charge is 2.11. The van der Waals surface area contributed by atoms with Crippen molar-refractivity contribution in [3.8, 4) is 11.8 Å². The van der Waals surface area contributed by atoms with Gasteiger partial charge >= 0.3 is 0 Å². The highest BCUT2D eigenvalue weighted by atomic mass is 35.5. The summed E-state index contributed by atoms with van der Waals surface area (Å²) in [4.78, 5) is 16.9. The van der Waals surface area contributed by atoms with E-state index in [1.54, 1.807) is 30.1 Å². The average molecular weight is 362 g/mol. The molecule has 2 rings (SSSR count). The zero-order valence-corrected chi connectivity index (χ0v) is 14.6. The number of nitrogens with zero attached hydrogens (tertiary/aromatic N) is 2. The number of carbonyl (C=O) groups is 1. The Balaban J connectivity index is 1.96. The molecule has 1 aromatic heterocycles. The molecule has 5 nitrogen and oxygen atoms in total. The van der Waals surface area contributed by atoms with E-state index in [0.717, 1.165) is 4.90 Å². The molecule has 0 saturated carbocycles. The molecule has 0 spiro atoms. The Hall–Kier alpha value is -2.23. The fraction of sp³-hybridized carbons (Fsp3) is 0.235. The smallest absolute Gasteiger partial charge is 0.262 e. The highest BCUT2D eigenvalue weighted by molar-refractivity contribution is 8.00. The number of anilines is 1. The van der Waals surface area contributed by atoms with Gasteiger partial charge in [0.2, 0.25) is 0 Å². The van der Waals surface area contributed by atoms with Gasteiger partial charge in [-0.15, -0.1) is 11.8 Å². The minimum Gasteiger partial charge on any atom is -0.481 e. The number of pyridine rings is 1. The van der Waals surface area contributed by atoms with Crippen molar-refractivity contribution >= 4 is 35.0 Å². The van der Waals surface area contributed by atoms with E-state index >= 15 is 0 Å². The van der Waals surface area contributed by atoms with Crippen LogP contribution >= 0.6 is 23.4 Å². The first-order chi connectivity index (χ1) is 11.6. The number of para-hydroxylation sites is 1. The number of benzene rings is 1. The number of rotatable bonds is 7. The molecule has 0 radical (unpaired) electrons. The van der Waals surface area contributed by atoms with Crippen molar-refractivity contribution in [1.29, 1.82) is 5.26 Å². The summed E-state index contributed by atoms with van der Waals surface area (Å²) in [6, 6.07) is 12.9. The van der Waals surface area contributed by atoms with Crippen molar-refractivity contribution < 1.29 is 9.53 Å². The van der Waals surface area contributed by atoms with Gasteiger partial charge in [0.25, 0.3) is 5.91 Å². The molecule has 1 heterocycles. The van der Waals surface area contributed by atoms with Gasteiger partial charge in [-0.25, -0.2) is 4.98 Å². The fourth-order valence-electron chi connectivity index (χ4n) is 1.87. The number of carbonyl (C=O) groups excluding carboxylic acids is 1. The lowest BCUT2D eigenvalue weighted by atomic mass is 10.3. The average Bonchev–Trinajstić information content (AvgIpc) is 2.56. The fourth-order valence-corrected chi connectivity index (χ4v) is 3.04. The van der Waals surface area contributed by atoms with Crippen LogP contribution in [0.5, 0.6) is 5.75 Å². The lowest BCUT2D eigenvalue weighted by Gasteiger charge is -2.13. The summed E-state index contributed by atoms with van der Waals surface area (Å²) in [6.45, 7) is 1.80. The van der Waals surface area contributed by atoms with Crippen LogP contribution in [0.1, 0.15) is 13.3 Å². The van der Waals surface area contributed by atoms with E-state index in [4.69, 9.17) is 21.6 Å². The maximum absolute atomic E-state index is 12.1. The monoisotopic (exact) mass is 361 g/mol. The summed E-state index contributed by atoms with van der Waals surface area (Å²) in [5.74, 6) is 0.0653. The molecule has 1 atom stereocenters. The molecule has 1 aromatic carbocycles. The minimum atomic E-state index is -0.295. The first-order valence-corrected chi connectivity index (χ1v) is 8.51. The Morgan fingerprint density at radius 1 is 1.42 bits per heavy atom. The zero-order valence-electron chi connectivity index (χ0n) is 13.0. The summed E-state index contributed by atoms with van der Waals surface area (Å²) < 4.78 is 5.37. The van der Waals surface area contributed by atoms with Gasteiger partial charge in [0.1, 0.15) is 0 Å². The van der Waals surface area contributed by atoms with Gasteiger partial charge < -0.3 is 10.1 Å². The number of amides is 1. The van der Waals surface area contributed by atoms with E-state index in [1.807, 2.05) is 31.2 Å². The second kappa shape index (κ2) is 9.16. The first kappa shape index (κ1) is 18.1. The predicted molar refractivity (Wildman–Crippen MR) is 95.4 cm³/mol. The topological polar surface area (TPSA) is 75.0 Å². The van der Waals surface area contributed by atoms with Crippen LogP contribution in [-0.2, 0) is 4.79 Å². The van der Waals surface area contributed by atoms with Crippen LogP contribution in [0.2, 0.25) is 5.15 Å². The van der Waals surface area contributed by atoms with Crippen molar-refractivity contribution in [3.05, 3.63) is 47.7 Å². The highest BCUT2D eigenvalue weighted by Crippen LogP contribution is 2.31. The third-order valence-electron chi connectivity index (χ3n) is 2.95. The molecule has 0 bridgehead atoms. The molecule has 0 aliphatic heterocycles. The van der Waals surface area contributed by atoms with Gasteiger partial charge in [-0.2, -0.15) is 5.26 Å². The van der Waals surface area contributed by atoms with Crippen molar-refractivity contribution in [3.63, 3.8) is 0 Å². The Bertz CT molecular complexity index is 749. The molecular formula is C17H16ClN3O2S. The minimum absolute atomic E-state index is 0.138. The number of thioether (sulfide) groups is 1. The maximum atomic E-state index is 12.1. The van der Waals surface area contributed by atoms with Gasteiger partial charge in [-0.1, -0.05) is 30.7 Å². The van der Waals surface area contributed by atoms with Gasteiger partial charge in [0, 0.05) is 22.8 Å². The second-order valence-electron chi connectivity index (χ2n) is 4.92. The van der Waals surface area contributed by atoms with Crippen LogP contribution < -0.4 is 10.1 Å². The van der Waals surface area contributed by atoms with E-state index < -0.39 is 0 Å². The van der Waals surface area contributed by atoms with E-state index in [-0.39, 0.29) is 22.9 Å². The van der Waals surface area contributed by atoms with E-state index in [2.05, 4.69) is 16.4 Å². The van der Waals surface area contributed by atoms with Crippen LogP contribution in [-0.4, -0.2) is 22.7 Å². The van der Waals surface area contributed by atoms with Crippen molar-refractivity contribution in [1.82, 2.24) is 4.98 Å². The molecule has 1 unspecified atom stereocenters. The largest absolute Gasteiger partial charge is 0.481 e. The zero-order chi connectivity index (χ0) is 17.4. The summed E-state index contributed by atoms with van der Waals surface area (Å²) in [5.41, 5.74) is 0.693. The SMILES string of the molecule is CC(CC#N)Sc1ccccc1NC(=O)COc1cccnc1Cl. The van der Waals surface area contributed by atoms with E-state index in [9.17, 15) is 4.79 Å². The lowest BCUT2D eigenvalue weighted by molar-refractivity contribution is -0.118. The molecule has 1 N–H and O–H groups in total. The quantitative estimate of drug-likeness (QED) is 0.592. The summed E-state index contributed by atoms with van der Waals surface area (Å²) in [7, 11) is 0. The van der Waals surface area contributed by atoms with Gasteiger partial charge in [-0.3, -0.25) is 4.79 Å². The van der Waals surface area contributed by atoms with E-state index in [1.165, 1.54) is 0 Å².